The standard InChI is InChI=1S/2C18H11N3O6.2C18H37O3P.3Ru/c2*22-16(23)9-1-4-19-12(7-9)14-11(18(26)27)3-6-21-15(14)13-8-10(17(24)25)2-5-20-13;2*1-2-3-4-5-6-7-8-9-10-11-12-13-14-15-16-19-22-20-17-18-21-22;;;/h2*1-8H,(H,22,23)(H,24,25)(H,26,27);2*2-18H2,1H3;;;/q;;;;3*+2/p-6. The second-order valence-corrected chi connectivity index (χ2v) is 25.7. The molecule has 2 aliphatic rings. The number of pyridine rings is 6. The fourth-order valence-corrected chi connectivity index (χ4v) is 12.4. The smallest absolute Gasteiger partial charge is 0.545 e. The van der Waals surface area contributed by atoms with Crippen LogP contribution in [0.15, 0.2) is 97.8 Å². The number of hydrogen-bond donors (Lipinski definition) is 0. The van der Waals surface area contributed by atoms with Crippen LogP contribution in [0.5, 0.6) is 0 Å². The Morgan fingerprint density at radius 2 is 0.554 bits per heavy atom. The third-order valence-corrected chi connectivity index (χ3v) is 18.0. The minimum absolute atomic E-state index is 0. The number of aromatic carboxylic acids is 6. The van der Waals surface area contributed by atoms with E-state index in [2.05, 4.69) is 43.8 Å². The number of carbonyl (C=O) groups is 6. The molecule has 0 bridgehead atoms. The molecule has 0 atom stereocenters. The average Bonchev–Trinajstić information content (AvgIpc) is 1.77. The van der Waals surface area contributed by atoms with Crippen molar-refractivity contribution in [3.63, 3.8) is 0 Å². The van der Waals surface area contributed by atoms with Crippen molar-refractivity contribution in [1.82, 2.24) is 29.9 Å². The van der Waals surface area contributed by atoms with Crippen LogP contribution in [0, 0.1) is 0 Å². The molecule has 0 unspecified atom stereocenters. The number of aromatic nitrogens is 6. The van der Waals surface area contributed by atoms with E-state index >= 15 is 0 Å². The van der Waals surface area contributed by atoms with Gasteiger partial charge in [-0.1, -0.05) is 181 Å². The zero-order valence-electron chi connectivity index (χ0n) is 57.3. The van der Waals surface area contributed by atoms with E-state index in [1.807, 2.05) is 0 Å². The molecular formula is C72H90N6O18P2Ru3. The Labute approximate surface area is 633 Å². The van der Waals surface area contributed by atoms with Crippen LogP contribution in [0.4, 0.5) is 0 Å². The summed E-state index contributed by atoms with van der Waals surface area (Å²) in [6.45, 7) is 8.95. The van der Waals surface area contributed by atoms with Crippen LogP contribution in [-0.4, -0.2) is 105 Å². The molecule has 6 aromatic heterocycles. The van der Waals surface area contributed by atoms with E-state index in [4.69, 9.17) is 27.1 Å². The Bertz CT molecular complexity index is 3170. The molecule has 6 aromatic rings. The van der Waals surface area contributed by atoms with Gasteiger partial charge >= 0.3 is 75.6 Å². The molecule has 29 heteroatoms. The molecule has 0 saturated carbocycles. The Hall–Kier alpha value is -5.79. The van der Waals surface area contributed by atoms with Crippen LogP contribution < -0.4 is 30.6 Å². The maximum Gasteiger partial charge on any atom is 2.00 e. The van der Waals surface area contributed by atoms with E-state index in [0.717, 1.165) is 62.5 Å². The van der Waals surface area contributed by atoms with E-state index < -0.39 is 53.0 Å². The van der Waals surface area contributed by atoms with Crippen molar-refractivity contribution in [2.75, 3.05) is 39.6 Å². The Kier molecular flexibility index (Phi) is 49.5. The first-order valence-electron chi connectivity index (χ1n) is 34.1. The molecule has 0 spiro atoms. The molecular weight excluding hydrogens is 1600 g/mol. The molecule has 2 fully saturated rings. The summed E-state index contributed by atoms with van der Waals surface area (Å²) in [6.07, 6.45) is 46.0. The number of carboxylic acids is 6. The van der Waals surface area contributed by atoms with Crippen LogP contribution in [0.1, 0.15) is 256 Å². The summed E-state index contributed by atoms with van der Waals surface area (Å²) >= 11 is 0. The summed E-state index contributed by atoms with van der Waals surface area (Å²) in [5.74, 6) is -8.95. The van der Waals surface area contributed by atoms with Gasteiger partial charge in [0.1, 0.15) is 0 Å². The van der Waals surface area contributed by atoms with E-state index in [9.17, 15) is 59.4 Å². The maximum atomic E-state index is 11.6. The number of unbranched alkanes of at least 4 members (excludes halogenated alkanes) is 26. The number of carboxylic acid groups (broad SMARTS) is 6. The number of carbonyl (C=O) groups excluding carboxylic acids is 6. The van der Waals surface area contributed by atoms with Crippen molar-refractivity contribution in [3.8, 4) is 45.3 Å². The predicted octanol–water partition coefficient (Wildman–Crippen LogP) is 10.1. The Balaban J connectivity index is 0.000000456. The molecule has 101 heavy (non-hydrogen) atoms. The summed E-state index contributed by atoms with van der Waals surface area (Å²) < 4.78 is 32.2. The van der Waals surface area contributed by atoms with Crippen molar-refractivity contribution in [3.05, 3.63) is 131 Å². The minimum Gasteiger partial charge on any atom is -0.545 e. The number of nitrogens with zero attached hydrogens (tertiary/aromatic N) is 6. The van der Waals surface area contributed by atoms with Crippen molar-refractivity contribution in [2.45, 2.75) is 194 Å². The summed E-state index contributed by atoms with van der Waals surface area (Å²) in [4.78, 5) is 91.7. The Morgan fingerprint density at radius 3 is 0.802 bits per heavy atom. The summed E-state index contributed by atoms with van der Waals surface area (Å²) in [7, 11) is -1.97. The first kappa shape index (κ1) is 91.3. The first-order valence-corrected chi connectivity index (χ1v) is 36.3. The predicted molar refractivity (Wildman–Crippen MR) is 358 cm³/mol. The van der Waals surface area contributed by atoms with Gasteiger partial charge in [-0.15, -0.1) is 0 Å². The average molecular weight is 1690 g/mol. The van der Waals surface area contributed by atoms with Gasteiger partial charge in [-0.05, 0) is 73.5 Å². The fourth-order valence-electron chi connectivity index (χ4n) is 10.5. The van der Waals surface area contributed by atoms with Gasteiger partial charge in [0.05, 0.1) is 110 Å². The van der Waals surface area contributed by atoms with Crippen molar-refractivity contribution >= 4 is 53.0 Å². The largest absolute Gasteiger partial charge is 2.00 e. The van der Waals surface area contributed by atoms with Gasteiger partial charge in [-0.2, -0.15) is 0 Å². The summed E-state index contributed by atoms with van der Waals surface area (Å²) in [6, 6.07) is 11.6. The van der Waals surface area contributed by atoms with Crippen LogP contribution >= 0.6 is 17.2 Å². The monoisotopic (exact) mass is 1690 g/mol. The van der Waals surface area contributed by atoms with E-state index in [1.165, 1.54) is 228 Å². The summed E-state index contributed by atoms with van der Waals surface area (Å²) in [5.41, 5.74) is -1.60. The fraction of sp³-hybridized carbons (Fsp3) is 0.500. The molecule has 550 valence electrons. The van der Waals surface area contributed by atoms with Gasteiger partial charge in [0.2, 0.25) is 0 Å². The zero-order chi connectivity index (χ0) is 70.5. The zero-order valence-corrected chi connectivity index (χ0v) is 64.3. The van der Waals surface area contributed by atoms with E-state index in [-0.39, 0.29) is 137 Å². The van der Waals surface area contributed by atoms with Gasteiger partial charge < -0.3 is 86.5 Å². The van der Waals surface area contributed by atoms with Gasteiger partial charge in [-0.3, -0.25) is 29.9 Å². The van der Waals surface area contributed by atoms with Crippen molar-refractivity contribution < 1.29 is 145 Å². The molecule has 0 amide bonds. The van der Waals surface area contributed by atoms with Crippen LogP contribution in [0.25, 0.3) is 45.3 Å². The Morgan fingerprint density at radius 1 is 0.327 bits per heavy atom. The number of rotatable bonds is 42. The topological polar surface area (TPSA) is 373 Å². The first-order chi connectivity index (χ1) is 47.6. The quantitative estimate of drug-likeness (QED) is 0.0195. The molecule has 24 nitrogen and oxygen atoms in total. The molecule has 0 aromatic carbocycles. The molecule has 0 aliphatic carbocycles. The van der Waals surface area contributed by atoms with Crippen molar-refractivity contribution in [1.29, 1.82) is 0 Å². The van der Waals surface area contributed by atoms with Gasteiger partial charge in [-0.25, -0.2) is 0 Å². The van der Waals surface area contributed by atoms with Crippen molar-refractivity contribution in [2.24, 2.45) is 0 Å². The molecule has 8 rings (SSSR count). The number of hydrogen-bond acceptors (Lipinski definition) is 24. The minimum atomic E-state index is -1.55. The molecule has 2 saturated heterocycles. The molecule has 0 N–H and O–H groups in total. The normalized spacial score (nSPS) is 12.4. The van der Waals surface area contributed by atoms with E-state index in [1.54, 1.807) is 0 Å². The second-order valence-electron chi connectivity index (χ2n) is 23.2. The van der Waals surface area contributed by atoms with Gasteiger partial charge in [0.15, 0.2) is 0 Å². The maximum absolute atomic E-state index is 11.6. The SMILES string of the molecule is CCCCCCCCCCCCCCCCOP1OCCO1.CCCCCCCCCCCCCCCCOP1OCCO1.O=C([O-])c1ccnc(-c2nccc(C(=O)[O-])c2-c2cc(C(=O)[O-])ccn2)c1.O=C([O-])c1ccnc(-c2nccc(C(=O)[O-])c2-c2cc(C(=O)[O-])ccn2)c1.[Ru+2].[Ru+2].[Ru+2]. The third kappa shape index (κ3) is 35.5. The van der Waals surface area contributed by atoms with Crippen LogP contribution in [0.3, 0.4) is 0 Å². The second kappa shape index (κ2) is 54.8. The van der Waals surface area contributed by atoms with Gasteiger partial charge in [0.25, 0.3) is 0 Å². The molecule has 8 heterocycles. The molecule has 0 radical (unpaired) electrons. The van der Waals surface area contributed by atoms with Gasteiger partial charge in [0, 0.05) is 81.7 Å². The third-order valence-electron chi connectivity index (χ3n) is 15.7. The summed E-state index contributed by atoms with van der Waals surface area (Å²) in [5, 5.41) is 67.5. The van der Waals surface area contributed by atoms with Crippen LogP contribution in [0.2, 0.25) is 0 Å². The van der Waals surface area contributed by atoms with Crippen LogP contribution in [-0.2, 0) is 85.6 Å². The van der Waals surface area contributed by atoms with E-state index in [0.29, 0.717) is 26.4 Å². The molecule has 2 aliphatic heterocycles.